The van der Waals surface area contributed by atoms with E-state index in [9.17, 15) is 4.79 Å². The van der Waals surface area contributed by atoms with Crippen LogP contribution in [0.3, 0.4) is 0 Å². The van der Waals surface area contributed by atoms with Gasteiger partial charge in [-0.1, -0.05) is 36.4 Å². The highest BCUT2D eigenvalue weighted by Crippen LogP contribution is 2.23. The van der Waals surface area contributed by atoms with Crippen molar-refractivity contribution in [3.05, 3.63) is 71.0 Å². The summed E-state index contributed by atoms with van der Waals surface area (Å²) in [4.78, 5) is 14.3. The predicted octanol–water partition coefficient (Wildman–Crippen LogP) is 4.25. The number of amides is 1. The van der Waals surface area contributed by atoms with Gasteiger partial charge in [0.2, 0.25) is 5.91 Å². The predicted molar refractivity (Wildman–Crippen MR) is 92.3 cm³/mol. The van der Waals surface area contributed by atoms with Crippen molar-refractivity contribution < 1.29 is 9.21 Å². The molecule has 23 heavy (non-hydrogen) atoms. The van der Waals surface area contributed by atoms with Crippen LogP contribution >= 0.6 is 0 Å². The molecule has 1 amide bonds. The van der Waals surface area contributed by atoms with E-state index in [0.29, 0.717) is 13.0 Å². The van der Waals surface area contributed by atoms with Crippen LogP contribution in [0, 0.1) is 13.8 Å². The molecular weight excluding hydrogens is 286 g/mol. The Kier molecular flexibility index (Phi) is 4.20. The summed E-state index contributed by atoms with van der Waals surface area (Å²) in [7, 11) is 1.85. The second kappa shape index (κ2) is 6.29. The van der Waals surface area contributed by atoms with Gasteiger partial charge >= 0.3 is 0 Å². The lowest BCUT2D eigenvalue weighted by molar-refractivity contribution is -0.129. The van der Waals surface area contributed by atoms with Crippen LogP contribution < -0.4 is 0 Å². The molecule has 0 fully saturated rings. The lowest BCUT2D eigenvalue weighted by Crippen LogP contribution is -2.27. The number of nitrogens with zero attached hydrogens (tertiary/aromatic N) is 1. The van der Waals surface area contributed by atoms with Crippen LogP contribution in [0.5, 0.6) is 0 Å². The molecule has 0 radical (unpaired) electrons. The summed E-state index contributed by atoms with van der Waals surface area (Å²) in [5, 5.41) is 1.02. The van der Waals surface area contributed by atoms with Gasteiger partial charge in [-0.25, -0.2) is 0 Å². The lowest BCUT2D eigenvalue weighted by Gasteiger charge is -2.18. The molecule has 0 saturated carbocycles. The first-order chi connectivity index (χ1) is 11.0. The third-order valence-corrected chi connectivity index (χ3v) is 4.25. The largest absolute Gasteiger partial charge is 0.464 e. The Hall–Kier alpha value is -2.55. The van der Waals surface area contributed by atoms with Crippen molar-refractivity contribution >= 4 is 16.9 Å². The Balaban J connectivity index is 1.74. The van der Waals surface area contributed by atoms with Crippen molar-refractivity contribution in [2.75, 3.05) is 7.05 Å². The van der Waals surface area contributed by atoms with Gasteiger partial charge in [-0.05, 0) is 36.6 Å². The van der Waals surface area contributed by atoms with Gasteiger partial charge in [0.25, 0.3) is 0 Å². The zero-order chi connectivity index (χ0) is 16.4. The minimum absolute atomic E-state index is 0.0940. The van der Waals surface area contributed by atoms with Gasteiger partial charge in [0.05, 0.1) is 12.7 Å². The Bertz CT molecular complexity index is 848. The van der Waals surface area contributed by atoms with Crippen molar-refractivity contribution in [3.63, 3.8) is 0 Å². The van der Waals surface area contributed by atoms with E-state index in [1.807, 2.05) is 44.3 Å². The van der Waals surface area contributed by atoms with Crippen molar-refractivity contribution in [2.24, 2.45) is 0 Å². The maximum absolute atomic E-state index is 12.5. The minimum atomic E-state index is 0.0940. The first-order valence-electron chi connectivity index (χ1n) is 7.80. The third-order valence-electron chi connectivity index (χ3n) is 4.25. The smallest absolute Gasteiger partial charge is 0.227 e. The lowest BCUT2D eigenvalue weighted by atomic mass is 10.1. The van der Waals surface area contributed by atoms with Crippen LogP contribution in [0.4, 0.5) is 0 Å². The maximum Gasteiger partial charge on any atom is 0.227 e. The molecule has 2 aromatic carbocycles. The molecule has 3 heteroatoms. The van der Waals surface area contributed by atoms with Gasteiger partial charge in [-0.2, -0.15) is 0 Å². The highest BCUT2D eigenvalue weighted by atomic mass is 16.3. The van der Waals surface area contributed by atoms with E-state index >= 15 is 0 Å². The first kappa shape index (κ1) is 15.3. The molecule has 118 valence electrons. The van der Waals surface area contributed by atoms with E-state index in [4.69, 9.17) is 4.42 Å². The van der Waals surface area contributed by atoms with Gasteiger partial charge in [-0.15, -0.1) is 0 Å². The molecule has 1 aromatic heterocycles. The average molecular weight is 307 g/mol. The number of aryl methyl sites for hydroxylation is 2. The molecule has 3 nitrogen and oxygen atoms in total. The molecule has 1 heterocycles. The average Bonchev–Trinajstić information content (AvgIpc) is 2.91. The molecule has 0 N–H and O–H groups in total. The van der Waals surface area contributed by atoms with Crippen molar-refractivity contribution in [2.45, 2.75) is 26.8 Å². The Morgan fingerprint density at radius 3 is 2.65 bits per heavy atom. The summed E-state index contributed by atoms with van der Waals surface area (Å²) >= 11 is 0. The molecule has 0 saturated heterocycles. The number of benzene rings is 2. The quantitative estimate of drug-likeness (QED) is 0.722. The van der Waals surface area contributed by atoms with E-state index in [1.54, 1.807) is 11.2 Å². The number of hydrogen-bond acceptors (Lipinski definition) is 2. The number of furan rings is 1. The van der Waals surface area contributed by atoms with Crippen LogP contribution in [0.1, 0.15) is 22.3 Å². The van der Waals surface area contributed by atoms with Gasteiger partial charge in [0, 0.05) is 24.5 Å². The number of carbonyl (C=O) groups excluding carboxylic acids is 1. The fraction of sp³-hybridized carbons (Fsp3) is 0.250. The van der Waals surface area contributed by atoms with Gasteiger partial charge in [0.15, 0.2) is 0 Å². The van der Waals surface area contributed by atoms with E-state index in [2.05, 4.69) is 19.1 Å². The summed E-state index contributed by atoms with van der Waals surface area (Å²) in [5.74, 6) is 0.0940. The SMILES string of the molecule is Cc1ccc2c(CC(=O)N(C)Cc3ccccc3C)coc2c1. The molecule has 0 aliphatic carbocycles. The Labute approximate surface area is 136 Å². The van der Waals surface area contributed by atoms with Crippen molar-refractivity contribution in [3.8, 4) is 0 Å². The normalized spacial score (nSPS) is 10.9. The number of fused-ring (bicyclic) bond motifs is 1. The zero-order valence-electron chi connectivity index (χ0n) is 13.8. The first-order valence-corrected chi connectivity index (χ1v) is 7.80. The third kappa shape index (κ3) is 3.29. The molecule has 0 spiro atoms. The van der Waals surface area contributed by atoms with E-state index in [1.165, 1.54) is 11.1 Å². The van der Waals surface area contributed by atoms with Crippen molar-refractivity contribution in [1.82, 2.24) is 4.90 Å². The van der Waals surface area contributed by atoms with Gasteiger partial charge in [0.1, 0.15) is 5.58 Å². The molecule has 0 atom stereocenters. The van der Waals surface area contributed by atoms with Crippen LogP contribution in [0.15, 0.2) is 53.1 Å². The topological polar surface area (TPSA) is 33.5 Å². The highest BCUT2D eigenvalue weighted by molar-refractivity contribution is 5.87. The fourth-order valence-electron chi connectivity index (χ4n) is 2.76. The zero-order valence-corrected chi connectivity index (χ0v) is 13.8. The van der Waals surface area contributed by atoms with Crippen LogP contribution in [0.25, 0.3) is 11.0 Å². The molecule has 0 bridgehead atoms. The molecule has 0 aliphatic rings. The van der Waals surface area contributed by atoms with Crippen molar-refractivity contribution in [1.29, 1.82) is 0 Å². The number of hydrogen-bond donors (Lipinski definition) is 0. The van der Waals surface area contributed by atoms with Crippen LogP contribution in [-0.2, 0) is 17.8 Å². The molecular formula is C20H21NO2. The standard InChI is InChI=1S/C20H21NO2/c1-14-8-9-18-17(13-23-19(18)10-14)11-20(22)21(3)12-16-7-5-4-6-15(16)2/h4-10,13H,11-12H2,1-3H3. The number of carbonyl (C=O) groups is 1. The second-order valence-corrected chi connectivity index (χ2v) is 6.11. The summed E-state index contributed by atoms with van der Waals surface area (Å²) in [6.45, 7) is 4.72. The highest BCUT2D eigenvalue weighted by Gasteiger charge is 2.14. The number of likely N-dealkylation sites (N-methyl/N-ethyl adjacent to an activating group) is 1. The van der Waals surface area contributed by atoms with Crippen LogP contribution in [-0.4, -0.2) is 17.9 Å². The Morgan fingerprint density at radius 2 is 1.87 bits per heavy atom. The fourth-order valence-corrected chi connectivity index (χ4v) is 2.76. The summed E-state index contributed by atoms with van der Waals surface area (Å²) in [6, 6.07) is 14.2. The maximum atomic E-state index is 12.5. The summed E-state index contributed by atoms with van der Waals surface area (Å²) in [5.41, 5.74) is 5.32. The second-order valence-electron chi connectivity index (χ2n) is 6.11. The van der Waals surface area contributed by atoms with E-state index in [-0.39, 0.29) is 5.91 Å². The Morgan fingerprint density at radius 1 is 1.09 bits per heavy atom. The molecule has 0 unspecified atom stereocenters. The van der Waals surface area contributed by atoms with E-state index in [0.717, 1.165) is 22.1 Å². The summed E-state index contributed by atoms with van der Waals surface area (Å²) in [6.07, 6.45) is 2.06. The molecule has 0 aliphatic heterocycles. The molecule has 3 aromatic rings. The minimum Gasteiger partial charge on any atom is -0.464 e. The van der Waals surface area contributed by atoms with Gasteiger partial charge in [-0.3, -0.25) is 4.79 Å². The molecule has 3 rings (SSSR count). The summed E-state index contributed by atoms with van der Waals surface area (Å²) < 4.78 is 5.58. The monoisotopic (exact) mass is 307 g/mol. The number of rotatable bonds is 4. The van der Waals surface area contributed by atoms with E-state index < -0.39 is 0 Å². The van der Waals surface area contributed by atoms with Crippen LogP contribution in [0.2, 0.25) is 0 Å². The van der Waals surface area contributed by atoms with Gasteiger partial charge < -0.3 is 9.32 Å².